The number of hydrogen-bond donors (Lipinski definition) is 2. The number of alkyl halides is 2. The molecule has 0 radical (unpaired) electrons. The number of anilines is 1. The molecule has 1 aromatic rings. The number of nitrogens with zero attached hydrogens (tertiary/aromatic N) is 1. The molecule has 1 unspecified atom stereocenters. The first-order valence-corrected chi connectivity index (χ1v) is 9.26. The topological polar surface area (TPSA) is 50.5 Å². The van der Waals surface area contributed by atoms with Gasteiger partial charge in [-0.25, -0.2) is 0 Å². The molecule has 0 fully saturated rings. The smallest absolute Gasteiger partial charge is 0.0594 e. The summed E-state index contributed by atoms with van der Waals surface area (Å²) in [6, 6.07) is 8.51. The highest BCUT2D eigenvalue weighted by atomic mass is 35.5. The largest absolute Gasteiger partial charge is 0.377 e. The molecular weight excluding hydrogens is 333 g/mol. The molecule has 4 nitrogen and oxygen atoms in total. The van der Waals surface area contributed by atoms with Gasteiger partial charge in [-0.15, -0.1) is 23.2 Å². The van der Waals surface area contributed by atoms with Crippen molar-refractivity contribution in [3.8, 4) is 0 Å². The third kappa shape index (κ3) is 8.77. The Kier molecular flexibility index (Phi) is 11.5. The molecule has 0 amide bonds. The van der Waals surface area contributed by atoms with Gasteiger partial charge in [-0.2, -0.15) is 0 Å². The van der Waals surface area contributed by atoms with Crippen molar-refractivity contribution in [2.75, 3.05) is 49.4 Å². The average Bonchev–Trinajstić information content (AvgIpc) is 2.55. The van der Waals surface area contributed by atoms with E-state index in [0.29, 0.717) is 24.9 Å². The van der Waals surface area contributed by atoms with Gasteiger partial charge in [0.25, 0.3) is 0 Å². The maximum absolute atomic E-state index is 5.84. The summed E-state index contributed by atoms with van der Waals surface area (Å²) in [5, 5.41) is 3.39. The minimum Gasteiger partial charge on any atom is -0.377 e. The van der Waals surface area contributed by atoms with E-state index in [1.807, 2.05) is 0 Å². The molecule has 132 valence electrons. The van der Waals surface area contributed by atoms with Crippen LogP contribution in [-0.4, -0.2) is 50.6 Å². The van der Waals surface area contributed by atoms with Gasteiger partial charge in [-0.05, 0) is 37.6 Å². The first-order valence-electron chi connectivity index (χ1n) is 8.19. The van der Waals surface area contributed by atoms with E-state index in [1.165, 1.54) is 5.56 Å². The van der Waals surface area contributed by atoms with Crippen LogP contribution < -0.4 is 16.0 Å². The van der Waals surface area contributed by atoms with Crippen LogP contribution in [-0.2, 0) is 11.3 Å². The minimum absolute atomic E-state index is 0.232. The van der Waals surface area contributed by atoms with Gasteiger partial charge in [0.05, 0.1) is 12.7 Å². The molecule has 6 heteroatoms. The second-order valence-corrected chi connectivity index (χ2v) is 6.22. The van der Waals surface area contributed by atoms with Crippen LogP contribution in [0.25, 0.3) is 0 Å². The number of rotatable bonds is 13. The number of benzene rings is 1. The molecule has 0 aliphatic rings. The Balaban J connectivity index is 2.30. The standard InChI is InChI=1S/C17H29Cl2N3O/c1-15(6-9-20)23-13-10-21-14-16-2-4-17(5-3-16)22(11-7-18)12-8-19/h2-5,15,21H,6-14,20H2,1H3. The monoisotopic (exact) mass is 361 g/mol. The van der Waals surface area contributed by atoms with Gasteiger partial charge in [0.1, 0.15) is 0 Å². The molecule has 0 saturated heterocycles. The summed E-state index contributed by atoms with van der Waals surface area (Å²) in [6.07, 6.45) is 1.14. The molecule has 3 N–H and O–H groups in total. The number of halogens is 2. The van der Waals surface area contributed by atoms with Crippen LogP contribution in [0.4, 0.5) is 5.69 Å². The van der Waals surface area contributed by atoms with Crippen molar-refractivity contribution in [2.24, 2.45) is 5.73 Å². The van der Waals surface area contributed by atoms with Gasteiger partial charge in [-0.1, -0.05) is 12.1 Å². The van der Waals surface area contributed by atoms with Crippen LogP contribution in [0.2, 0.25) is 0 Å². The van der Waals surface area contributed by atoms with Crippen LogP contribution in [0, 0.1) is 0 Å². The van der Waals surface area contributed by atoms with E-state index in [4.69, 9.17) is 33.7 Å². The Hall–Kier alpha value is -0.520. The van der Waals surface area contributed by atoms with Crippen molar-refractivity contribution in [1.82, 2.24) is 5.32 Å². The molecule has 0 heterocycles. The van der Waals surface area contributed by atoms with Crippen LogP contribution in [0.3, 0.4) is 0 Å². The second-order valence-electron chi connectivity index (χ2n) is 5.47. The van der Waals surface area contributed by atoms with Crippen molar-refractivity contribution in [3.05, 3.63) is 29.8 Å². The zero-order chi connectivity index (χ0) is 16.9. The normalized spacial score (nSPS) is 12.3. The highest BCUT2D eigenvalue weighted by molar-refractivity contribution is 6.18. The number of ether oxygens (including phenoxy) is 1. The van der Waals surface area contributed by atoms with E-state index in [2.05, 4.69) is 41.4 Å². The molecule has 1 aromatic carbocycles. The van der Waals surface area contributed by atoms with Gasteiger partial charge >= 0.3 is 0 Å². The summed E-state index contributed by atoms with van der Waals surface area (Å²) in [7, 11) is 0. The van der Waals surface area contributed by atoms with Crippen molar-refractivity contribution < 1.29 is 4.74 Å². The average molecular weight is 362 g/mol. The maximum Gasteiger partial charge on any atom is 0.0594 e. The van der Waals surface area contributed by atoms with Crippen LogP contribution in [0.1, 0.15) is 18.9 Å². The predicted molar refractivity (Wildman–Crippen MR) is 101 cm³/mol. The number of hydrogen-bond acceptors (Lipinski definition) is 4. The summed E-state index contributed by atoms with van der Waals surface area (Å²) in [4.78, 5) is 2.20. The Bertz CT molecular complexity index is 397. The first-order chi connectivity index (χ1) is 11.2. The van der Waals surface area contributed by atoms with Crippen LogP contribution >= 0.6 is 23.2 Å². The minimum atomic E-state index is 0.232. The van der Waals surface area contributed by atoms with Crippen LogP contribution in [0.5, 0.6) is 0 Å². The second kappa shape index (κ2) is 12.8. The van der Waals surface area contributed by atoms with E-state index >= 15 is 0 Å². The van der Waals surface area contributed by atoms with E-state index in [1.54, 1.807) is 0 Å². The number of nitrogens with two attached hydrogens (primary N) is 1. The molecule has 1 atom stereocenters. The number of nitrogens with one attached hydrogen (secondary N) is 1. The Morgan fingerprint density at radius 2 is 1.83 bits per heavy atom. The fourth-order valence-electron chi connectivity index (χ4n) is 2.28. The molecule has 23 heavy (non-hydrogen) atoms. The zero-order valence-electron chi connectivity index (χ0n) is 13.9. The first kappa shape index (κ1) is 20.5. The summed E-state index contributed by atoms with van der Waals surface area (Å²) < 4.78 is 5.65. The van der Waals surface area contributed by atoms with Gasteiger partial charge in [0, 0.05) is 43.6 Å². The molecule has 0 spiro atoms. The summed E-state index contributed by atoms with van der Waals surface area (Å²) in [5.74, 6) is 1.20. The van der Waals surface area contributed by atoms with E-state index in [-0.39, 0.29) is 6.10 Å². The molecule has 0 bridgehead atoms. The third-order valence-electron chi connectivity index (χ3n) is 3.59. The van der Waals surface area contributed by atoms with Crippen LogP contribution in [0.15, 0.2) is 24.3 Å². The third-order valence-corrected chi connectivity index (χ3v) is 3.93. The summed E-state index contributed by atoms with van der Waals surface area (Å²) in [6.45, 7) is 6.72. The van der Waals surface area contributed by atoms with Gasteiger partial charge in [0.15, 0.2) is 0 Å². The Labute approximate surface area is 150 Å². The fourth-order valence-corrected chi connectivity index (χ4v) is 2.69. The van der Waals surface area contributed by atoms with E-state index in [9.17, 15) is 0 Å². The maximum atomic E-state index is 5.84. The SMILES string of the molecule is CC(CCN)OCCNCc1ccc(N(CCCl)CCCl)cc1. The van der Waals surface area contributed by atoms with Gasteiger partial charge < -0.3 is 20.7 Å². The Morgan fingerprint density at radius 1 is 1.17 bits per heavy atom. The Morgan fingerprint density at radius 3 is 2.39 bits per heavy atom. The highest BCUT2D eigenvalue weighted by Gasteiger charge is 2.05. The molecule has 0 aliphatic carbocycles. The van der Waals surface area contributed by atoms with Gasteiger partial charge in [-0.3, -0.25) is 0 Å². The molecular formula is C17H29Cl2N3O. The lowest BCUT2D eigenvalue weighted by Gasteiger charge is -2.23. The van der Waals surface area contributed by atoms with Crippen molar-refractivity contribution in [2.45, 2.75) is 26.0 Å². The van der Waals surface area contributed by atoms with Crippen molar-refractivity contribution in [1.29, 1.82) is 0 Å². The van der Waals surface area contributed by atoms with Gasteiger partial charge in [0.2, 0.25) is 0 Å². The summed E-state index contributed by atoms with van der Waals surface area (Å²) in [5.41, 5.74) is 7.90. The lowest BCUT2D eigenvalue weighted by atomic mass is 10.2. The fraction of sp³-hybridized carbons (Fsp3) is 0.647. The lowest BCUT2D eigenvalue weighted by molar-refractivity contribution is 0.0638. The quantitative estimate of drug-likeness (QED) is 0.419. The highest BCUT2D eigenvalue weighted by Crippen LogP contribution is 2.15. The van der Waals surface area contributed by atoms with E-state index < -0.39 is 0 Å². The molecule has 0 aliphatic heterocycles. The van der Waals surface area contributed by atoms with E-state index in [0.717, 1.165) is 38.3 Å². The predicted octanol–water partition coefficient (Wildman–Crippen LogP) is 2.81. The van der Waals surface area contributed by atoms with Crippen molar-refractivity contribution >= 4 is 28.9 Å². The lowest BCUT2D eigenvalue weighted by Crippen LogP contribution is -2.27. The molecule has 1 rings (SSSR count). The summed E-state index contributed by atoms with van der Waals surface area (Å²) >= 11 is 11.7. The van der Waals surface area contributed by atoms with Crippen molar-refractivity contribution in [3.63, 3.8) is 0 Å². The molecule has 0 saturated carbocycles. The zero-order valence-corrected chi connectivity index (χ0v) is 15.5. The molecule has 0 aromatic heterocycles.